The molecule has 1 aliphatic rings. The summed E-state index contributed by atoms with van der Waals surface area (Å²) in [6.07, 6.45) is 5.07. The van der Waals surface area contributed by atoms with Crippen LogP contribution in [0.4, 0.5) is 0 Å². The number of ether oxygens (including phenoxy) is 2. The largest absolute Gasteiger partial charge is 0.355 e. The van der Waals surface area contributed by atoms with Gasteiger partial charge in [-0.3, -0.25) is 34.1 Å². The Morgan fingerprint density at radius 3 is 1.40 bits per heavy atom. The van der Waals surface area contributed by atoms with Crippen molar-refractivity contribution in [1.82, 2.24) is 16.0 Å². The van der Waals surface area contributed by atoms with Crippen molar-refractivity contribution in [3.63, 3.8) is 0 Å². The number of ketones is 6. The van der Waals surface area contributed by atoms with Crippen LogP contribution in [0.25, 0.3) is 0 Å². The van der Waals surface area contributed by atoms with E-state index in [1.54, 1.807) is 21.0 Å². The molecule has 1 fully saturated rings. The van der Waals surface area contributed by atoms with Gasteiger partial charge in [-0.05, 0) is 67.6 Å². The molecule has 274 valence electrons. The molecule has 1 saturated carbocycles. The number of carbonyl (C=O) groups is 6. The van der Waals surface area contributed by atoms with E-state index in [4.69, 9.17) is 9.47 Å². The lowest BCUT2D eigenvalue weighted by molar-refractivity contribution is -0.128. The highest BCUT2D eigenvalue weighted by Gasteiger charge is 2.27. The highest BCUT2D eigenvalue weighted by molar-refractivity contribution is 5.98. The second-order valence-electron chi connectivity index (χ2n) is 9.65. The van der Waals surface area contributed by atoms with Crippen LogP contribution in [0.3, 0.4) is 0 Å². The summed E-state index contributed by atoms with van der Waals surface area (Å²) < 4.78 is 9.93. The van der Waals surface area contributed by atoms with Crippen molar-refractivity contribution in [3.05, 3.63) is 0 Å². The van der Waals surface area contributed by atoms with Crippen molar-refractivity contribution in [2.24, 2.45) is 11.8 Å². The standard InChI is InChI=1S/C12H21NO2.C9H17NO4.C7H13NO2.6CH4/c1-9(14)10-3-5-11(6-4-10)12(15)7-8-13-2;1-8(11)5-9(12)3-4-13-7-14-6-10-2;1-6(9)5-7(10)3-4-8-2;;;;;;/h10-11,13H,3-8H2,1-2H3;10H,3-7H2,1-2H3;8H,3-5H2,1-2H3;6*1H4. The van der Waals surface area contributed by atoms with Crippen LogP contribution in [-0.4, -0.2) is 89.1 Å². The summed E-state index contributed by atoms with van der Waals surface area (Å²) in [6, 6.07) is 0. The zero-order valence-electron chi connectivity index (χ0n) is 24.8. The van der Waals surface area contributed by atoms with Gasteiger partial charge in [-0.15, -0.1) is 0 Å². The lowest BCUT2D eigenvalue weighted by Crippen LogP contribution is -2.26. The Morgan fingerprint density at radius 1 is 0.578 bits per heavy atom. The molecule has 0 amide bonds. The highest BCUT2D eigenvalue weighted by Crippen LogP contribution is 2.30. The number of hydrogen-bond acceptors (Lipinski definition) is 11. The number of Topliss-reactive ketones (excluding diaryl/α,β-unsaturated/α-hetero) is 6. The van der Waals surface area contributed by atoms with Crippen LogP contribution in [-0.2, 0) is 38.2 Å². The molecule has 45 heavy (non-hydrogen) atoms. The molecular formula is C34H75N3O8. The summed E-state index contributed by atoms with van der Waals surface area (Å²) in [6.45, 7) is 6.79. The molecule has 0 aromatic heterocycles. The average Bonchev–Trinajstić information content (AvgIpc) is 2.88. The number of carbonyl (C=O) groups excluding carboxylic acids is 6. The molecule has 0 radical (unpaired) electrons. The predicted molar refractivity (Wildman–Crippen MR) is 190 cm³/mol. The molecule has 0 aromatic rings. The van der Waals surface area contributed by atoms with E-state index in [1.165, 1.54) is 13.8 Å². The minimum atomic E-state index is -0.110. The van der Waals surface area contributed by atoms with Gasteiger partial charge in [0.25, 0.3) is 0 Å². The van der Waals surface area contributed by atoms with Gasteiger partial charge in [-0.1, -0.05) is 44.6 Å². The molecule has 11 heteroatoms. The van der Waals surface area contributed by atoms with Crippen LogP contribution in [0.5, 0.6) is 0 Å². The number of rotatable bonds is 19. The van der Waals surface area contributed by atoms with Gasteiger partial charge in [0.2, 0.25) is 0 Å². The summed E-state index contributed by atoms with van der Waals surface area (Å²) in [5.41, 5.74) is 0. The topological polar surface area (TPSA) is 157 Å². The molecule has 1 aliphatic carbocycles. The van der Waals surface area contributed by atoms with E-state index in [9.17, 15) is 28.8 Å². The van der Waals surface area contributed by atoms with Gasteiger partial charge in [-0.2, -0.15) is 0 Å². The molecule has 11 nitrogen and oxygen atoms in total. The molecule has 1 rings (SSSR count). The van der Waals surface area contributed by atoms with Crippen LogP contribution in [0.15, 0.2) is 0 Å². The third kappa shape index (κ3) is 41.8. The van der Waals surface area contributed by atoms with E-state index in [2.05, 4.69) is 16.0 Å². The molecule has 0 aromatic carbocycles. The molecule has 3 N–H and O–H groups in total. The predicted octanol–water partition coefficient (Wildman–Crippen LogP) is 5.61. The Morgan fingerprint density at radius 2 is 1.00 bits per heavy atom. The summed E-state index contributed by atoms with van der Waals surface area (Å²) in [7, 11) is 5.40. The number of nitrogens with one attached hydrogen (secondary N) is 3. The van der Waals surface area contributed by atoms with Gasteiger partial charge in [0.15, 0.2) is 0 Å². The maximum Gasteiger partial charge on any atom is 0.148 e. The minimum absolute atomic E-state index is 0. The Hall–Kier alpha value is -2.18. The van der Waals surface area contributed by atoms with Gasteiger partial charge in [0.1, 0.15) is 41.5 Å². The van der Waals surface area contributed by atoms with Crippen LogP contribution >= 0.6 is 0 Å². The minimum Gasteiger partial charge on any atom is -0.355 e. The van der Waals surface area contributed by atoms with Gasteiger partial charge < -0.3 is 20.1 Å². The van der Waals surface area contributed by atoms with Gasteiger partial charge >= 0.3 is 0 Å². The quantitative estimate of drug-likeness (QED) is 0.0904. The molecular weight excluding hydrogens is 578 g/mol. The Kier molecular flexibility index (Phi) is 57.4. The molecule has 0 spiro atoms. The molecule has 0 bridgehead atoms. The first-order valence-corrected chi connectivity index (χ1v) is 13.6. The van der Waals surface area contributed by atoms with Crippen LogP contribution < -0.4 is 16.0 Å². The van der Waals surface area contributed by atoms with Gasteiger partial charge in [0, 0.05) is 44.2 Å². The normalized spacial score (nSPS) is 14.0. The average molecular weight is 654 g/mol. The van der Waals surface area contributed by atoms with Crippen molar-refractivity contribution in [2.45, 2.75) is 123 Å². The number of hydrogen-bond donors (Lipinski definition) is 3. The Bertz CT molecular complexity index is 737. The Balaban J connectivity index is -0.0000000726. The lowest BCUT2D eigenvalue weighted by Gasteiger charge is -2.25. The fourth-order valence-electron chi connectivity index (χ4n) is 3.72. The zero-order chi connectivity index (χ0) is 30.1. The lowest BCUT2D eigenvalue weighted by atomic mass is 9.78. The van der Waals surface area contributed by atoms with E-state index >= 15 is 0 Å². The molecule has 0 aliphatic heterocycles. The van der Waals surface area contributed by atoms with E-state index in [0.717, 1.165) is 32.2 Å². The monoisotopic (exact) mass is 654 g/mol. The molecule has 0 saturated heterocycles. The maximum atomic E-state index is 11.7. The third-order valence-electron chi connectivity index (χ3n) is 5.86. The third-order valence-corrected chi connectivity index (χ3v) is 5.86. The molecule has 0 atom stereocenters. The highest BCUT2D eigenvalue weighted by atomic mass is 16.7. The first-order valence-electron chi connectivity index (χ1n) is 13.6. The summed E-state index contributed by atoms with van der Waals surface area (Å²) in [5, 5.41) is 8.61. The maximum absolute atomic E-state index is 11.7. The van der Waals surface area contributed by atoms with Crippen LogP contribution in [0.1, 0.15) is 123 Å². The molecule has 0 heterocycles. The SMILES string of the molecule is C.C.C.C.C.C.CNCCC(=O)C1CCC(C(C)=O)CC1.CNCCC(=O)CC(C)=O.CNCOCOCCC(=O)CC(C)=O. The summed E-state index contributed by atoms with van der Waals surface area (Å²) >= 11 is 0. The summed E-state index contributed by atoms with van der Waals surface area (Å²) in [4.78, 5) is 65.5. The summed E-state index contributed by atoms with van der Waals surface area (Å²) in [5.74, 6) is 0.852. The first-order chi connectivity index (χ1) is 18.5. The van der Waals surface area contributed by atoms with E-state index in [1.807, 2.05) is 7.05 Å². The fraction of sp³-hybridized carbons (Fsp3) is 0.824. The van der Waals surface area contributed by atoms with Gasteiger partial charge in [-0.25, -0.2) is 0 Å². The zero-order valence-corrected chi connectivity index (χ0v) is 24.8. The van der Waals surface area contributed by atoms with Crippen molar-refractivity contribution in [1.29, 1.82) is 0 Å². The smallest absolute Gasteiger partial charge is 0.148 e. The Labute approximate surface area is 278 Å². The molecule has 0 unspecified atom stereocenters. The van der Waals surface area contributed by atoms with E-state index < -0.39 is 0 Å². The van der Waals surface area contributed by atoms with E-state index in [-0.39, 0.29) is 111 Å². The van der Waals surface area contributed by atoms with Crippen LogP contribution in [0, 0.1) is 11.8 Å². The van der Waals surface area contributed by atoms with Crippen molar-refractivity contribution < 1.29 is 38.2 Å². The second-order valence-corrected chi connectivity index (χ2v) is 9.65. The van der Waals surface area contributed by atoms with Crippen molar-refractivity contribution >= 4 is 34.7 Å². The second kappa shape index (κ2) is 41.8. The van der Waals surface area contributed by atoms with Crippen molar-refractivity contribution in [3.8, 4) is 0 Å². The fourth-order valence-corrected chi connectivity index (χ4v) is 3.72. The first kappa shape index (κ1) is 61.8. The van der Waals surface area contributed by atoms with Crippen LogP contribution in [0.2, 0.25) is 0 Å². The van der Waals surface area contributed by atoms with Gasteiger partial charge in [0.05, 0.1) is 26.2 Å². The van der Waals surface area contributed by atoms with Crippen molar-refractivity contribution in [2.75, 3.05) is 54.4 Å². The van der Waals surface area contributed by atoms with E-state index in [0.29, 0.717) is 38.5 Å².